The van der Waals surface area contributed by atoms with E-state index in [1.807, 2.05) is 17.5 Å². The number of aliphatic hydroxyl groups is 1. The highest BCUT2D eigenvalue weighted by atomic mass is 32.1. The van der Waals surface area contributed by atoms with Crippen LogP contribution in [0.4, 0.5) is 0 Å². The van der Waals surface area contributed by atoms with Crippen molar-refractivity contribution in [3.63, 3.8) is 0 Å². The summed E-state index contributed by atoms with van der Waals surface area (Å²) in [4.78, 5) is 15.5. The molecule has 2 aromatic rings. The molecule has 0 atom stereocenters. The summed E-state index contributed by atoms with van der Waals surface area (Å²) in [6.45, 7) is 3.72. The molecule has 136 valence electrons. The molecule has 0 radical (unpaired) electrons. The Morgan fingerprint density at radius 1 is 1.36 bits per heavy atom. The van der Waals surface area contributed by atoms with Crippen LogP contribution < -0.4 is 5.32 Å². The summed E-state index contributed by atoms with van der Waals surface area (Å²) >= 11 is 1.56. The van der Waals surface area contributed by atoms with Gasteiger partial charge in [0.15, 0.2) is 11.5 Å². The number of unbranched alkanes of at least 4 members (excludes halogenated alkanes) is 2. The van der Waals surface area contributed by atoms with E-state index in [-0.39, 0.29) is 12.0 Å². The number of thiophene rings is 1. The molecule has 0 bridgehead atoms. The highest BCUT2D eigenvalue weighted by Gasteiger charge is 2.16. The Kier molecular flexibility index (Phi) is 6.61. The molecule has 1 amide bonds. The molecule has 3 rings (SSSR count). The van der Waals surface area contributed by atoms with Crippen molar-refractivity contribution in [2.24, 2.45) is 0 Å². The summed E-state index contributed by atoms with van der Waals surface area (Å²) in [6.07, 6.45) is 4.83. The van der Waals surface area contributed by atoms with Crippen molar-refractivity contribution in [1.82, 2.24) is 15.4 Å². The lowest BCUT2D eigenvalue weighted by Gasteiger charge is -2.29. The molecule has 0 spiro atoms. The van der Waals surface area contributed by atoms with Gasteiger partial charge in [0, 0.05) is 25.7 Å². The third kappa shape index (κ3) is 5.39. The minimum Gasteiger partial charge on any atom is -0.393 e. The molecular weight excluding hydrogens is 338 g/mol. The molecule has 1 aliphatic heterocycles. The van der Waals surface area contributed by atoms with E-state index in [0.29, 0.717) is 18.0 Å². The fourth-order valence-electron chi connectivity index (χ4n) is 2.99. The maximum atomic E-state index is 12.1. The first-order valence-electron chi connectivity index (χ1n) is 8.91. The van der Waals surface area contributed by atoms with Gasteiger partial charge in [0.05, 0.1) is 11.0 Å². The summed E-state index contributed by atoms with van der Waals surface area (Å²) in [6, 6.07) is 5.57. The van der Waals surface area contributed by atoms with Gasteiger partial charge in [-0.1, -0.05) is 17.6 Å². The average molecular weight is 363 g/mol. The zero-order valence-electron chi connectivity index (χ0n) is 14.3. The van der Waals surface area contributed by atoms with Gasteiger partial charge in [-0.15, -0.1) is 11.3 Å². The van der Waals surface area contributed by atoms with Crippen LogP contribution in [0.15, 0.2) is 28.1 Å². The van der Waals surface area contributed by atoms with Crippen LogP contribution in [0, 0.1) is 0 Å². The smallest absolute Gasteiger partial charge is 0.273 e. The van der Waals surface area contributed by atoms with Gasteiger partial charge in [-0.05, 0) is 43.7 Å². The van der Waals surface area contributed by atoms with Crippen molar-refractivity contribution in [2.75, 3.05) is 26.2 Å². The number of nitrogens with one attached hydrogen (secondary N) is 1. The molecule has 0 aromatic carbocycles. The number of hydrogen-bond donors (Lipinski definition) is 2. The van der Waals surface area contributed by atoms with E-state index in [1.54, 1.807) is 17.4 Å². The minimum atomic E-state index is -0.184. The molecule has 1 saturated heterocycles. The maximum absolute atomic E-state index is 12.1. The van der Waals surface area contributed by atoms with E-state index < -0.39 is 0 Å². The quantitative estimate of drug-likeness (QED) is 0.705. The second-order valence-electron chi connectivity index (χ2n) is 6.44. The van der Waals surface area contributed by atoms with Gasteiger partial charge < -0.3 is 19.8 Å². The largest absolute Gasteiger partial charge is 0.393 e. The van der Waals surface area contributed by atoms with Crippen molar-refractivity contribution in [1.29, 1.82) is 0 Å². The van der Waals surface area contributed by atoms with Crippen molar-refractivity contribution in [3.8, 4) is 10.6 Å². The van der Waals surface area contributed by atoms with Crippen molar-refractivity contribution in [3.05, 3.63) is 29.3 Å². The van der Waals surface area contributed by atoms with E-state index in [0.717, 1.165) is 56.6 Å². The predicted molar refractivity (Wildman–Crippen MR) is 97.7 cm³/mol. The lowest BCUT2D eigenvalue weighted by Crippen LogP contribution is -2.36. The van der Waals surface area contributed by atoms with Crippen molar-refractivity contribution >= 4 is 17.2 Å². The molecule has 3 heterocycles. The van der Waals surface area contributed by atoms with Gasteiger partial charge in [-0.2, -0.15) is 0 Å². The van der Waals surface area contributed by atoms with Crippen LogP contribution in [0.1, 0.15) is 42.6 Å². The fourth-order valence-corrected chi connectivity index (χ4v) is 3.66. The summed E-state index contributed by atoms with van der Waals surface area (Å²) in [5, 5.41) is 18.2. The number of aliphatic hydroxyl groups excluding tert-OH is 1. The van der Waals surface area contributed by atoms with Gasteiger partial charge in [0.1, 0.15) is 0 Å². The zero-order valence-corrected chi connectivity index (χ0v) is 15.1. The van der Waals surface area contributed by atoms with E-state index in [1.165, 1.54) is 0 Å². The standard InChI is InChI=1S/C18H25N3O3S/c22-14-6-10-21(11-7-14)9-3-1-2-8-19-18(23)15-13-16(24-20-15)17-5-4-12-25-17/h4-5,12-14,22H,1-3,6-11H2,(H,19,23). The Hall–Kier alpha value is -1.70. The Labute approximate surface area is 151 Å². The summed E-state index contributed by atoms with van der Waals surface area (Å²) in [5.41, 5.74) is 0.329. The van der Waals surface area contributed by atoms with E-state index in [2.05, 4.69) is 15.4 Å². The van der Waals surface area contributed by atoms with Crippen LogP contribution >= 0.6 is 11.3 Å². The first-order valence-corrected chi connectivity index (χ1v) is 9.79. The Morgan fingerprint density at radius 3 is 2.96 bits per heavy atom. The van der Waals surface area contributed by atoms with Crippen molar-refractivity contribution in [2.45, 2.75) is 38.2 Å². The van der Waals surface area contributed by atoms with Crippen LogP contribution in [-0.4, -0.2) is 53.4 Å². The molecule has 25 heavy (non-hydrogen) atoms. The molecule has 6 nitrogen and oxygen atoms in total. The van der Waals surface area contributed by atoms with Crippen LogP contribution in [0.2, 0.25) is 0 Å². The normalized spacial score (nSPS) is 16.2. The third-order valence-corrected chi connectivity index (χ3v) is 5.39. The molecule has 0 saturated carbocycles. The number of rotatable bonds is 8. The molecule has 2 aromatic heterocycles. The maximum Gasteiger partial charge on any atom is 0.273 e. The summed E-state index contributed by atoms with van der Waals surface area (Å²) < 4.78 is 5.23. The molecule has 1 aliphatic rings. The zero-order chi connectivity index (χ0) is 17.5. The molecule has 7 heteroatoms. The number of nitrogens with zero attached hydrogens (tertiary/aromatic N) is 2. The molecule has 2 N–H and O–H groups in total. The Bertz CT molecular complexity index is 648. The second-order valence-corrected chi connectivity index (χ2v) is 7.39. The third-order valence-electron chi connectivity index (χ3n) is 4.50. The number of carbonyl (C=O) groups excluding carboxylic acids is 1. The number of hydrogen-bond acceptors (Lipinski definition) is 6. The number of likely N-dealkylation sites (tertiary alicyclic amines) is 1. The van der Waals surface area contributed by atoms with E-state index >= 15 is 0 Å². The number of piperidine rings is 1. The lowest BCUT2D eigenvalue weighted by atomic mass is 10.1. The second kappa shape index (κ2) is 9.12. The molecule has 1 fully saturated rings. The summed E-state index contributed by atoms with van der Waals surface area (Å²) in [7, 11) is 0. The lowest BCUT2D eigenvalue weighted by molar-refractivity contribution is 0.0818. The van der Waals surface area contributed by atoms with Gasteiger partial charge >= 0.3 is 0 Å². The van der Waals surface area contributed by atoms with Gasteiger partial charge in [-0.25, -0.2) is 0 Å². The van der Waals surface area contributed by atoms with Gasteiger partial charge in [0.2, 0.25) is 0 Å². The molecule has 0 aliphatic carbocycles. The van der Waals surface area contributed by atoms with Crippen molar-refractivity contribution < 1.29 is 14.4 Å². The SMILES string of the molecule is O=C(NCCCCCN1CCC(O)CC1)c1cc(-c2cccs2)on1. The summed E-state index contributed by atoms with van der Waals surface area (Å²) in [5.74, 6) is 0.448. The highest BCUT2D eigenvalue weighted by Crippen LogP contribution is 2.25. The fraction of sp³-hybridized carbons (Fsp3) is 0.556. The topological polar surface area (TPSA) is 78.6 Å². The average Bonchev–Trinajstić information content (AvgIpc) is 3.30. The number of carbonyl (C=O) groups is 1. The van der Waals surface area contributed by atoms with E-state index in [4.69, 9.17) is 4.52 Å². The molecule has 0 unspecified atom stereocenters. The molecular formula is C18H25N3O3S. The van der Waals surface area contributed by atoms with Crippen LogP contribution in [0.5, 0.6) is 0 Å². The Balaban J connectivity index is 1.29. The number of amides is 1. The van der Waals surface area contributed by atoms with E-state index in [9.17, 15) is 9.90 Å². The Morgan fingerprint density at radius 2 is 2.20 bits per heavy atom. The minimum absolute atomic E-state index is 0.108. The van der Waals surface area contributed by atoms with Crippen LogP contribution in [-0.2, 0) is 0 Å². The highest BCUT2D eigenvalue weighted by molar-refractivity contribution is 7.13. The monoisotopic (exact) mass is 363 g/mol. The first kappa shape index (κ1) is 18.1. The van der Waals surface area contributed by atoms with Crippen LogP contribution in [0.3, 0.4) is 0 Å². The van der Waals surface area contributed by atoms with Gasteiger partial charge in [-0.3, -0.25) is 4.79 Å². The number of aromatic nitrogens is 1. The predicted octanol–water partition coefficient (Wildman–Crippen LogP) is 2.76. The first-order chi connectivity index (χ1) is 12.2. The van der Waals surface area contributed by atoms with Crippen LogP contribution in [0.25, 0.3) is 10.6 Å². The van der Waals surface area contributed by atoms with Gasteiger partial charge in [0.25, 0.3) is 5.91 Å².